The number of hydrogen-bond acceptors (Lipinski definition) is 2. The predicted molar refractivity (Wildman–Crippen MR) is 62.3 cm³/mol. The van der Waals surface area contributed by atoms with Gasteiger partial charge in [0.05, 0.1) is 0 Å². The lowest BCUT2D eigenvalue weighted by Gasteiger charge is -2.16. The molecule has 2 N–H and O–H groups in total. The smallest absolute Gasteiger partial charge is 0.268 e. The maximum atomic E-state index is 11.9. The molecule has 0 bridgehead atoms. The number of benzene rings is 1. The third kappa shape index (κ3) is 2.21. The Bertz CT molecular complexity index is 402. The van der Waals surface area contributed by atoms with E-state index in [1.807, 2.05) is 25.1 Å². The van der Waals surface area contributed by atoms with Crippen molar-refractivity contribution in [1.29, 1.82) is 0 Å². The number of nitrogens with zero attached hydrogens (tertiary/aromatic N) is 1. The number of nitrogens with two attached hydrogens (primary N) is 1. The number of halogens is 1. The first-order valence-electron chi connectivity index (χ1n) is 4.94. The zero-order chi connectivity index (χ0) is 11.0. The first-order valence-corrected chi connectivity index (χ1v) is 5.73. The summed E-state index contributed by atoms with van der Waals surface area (Å²) in [4.78, 5) is 11.9. The molecule has 0 atom stereocenters. The Labute approximate surface area is 97.3 Å². The quantitative estimate of drug-likeness (QED) is 0.508. The summed E-state index contributed by atoms with van der Waals surface area (Å²) in [7, 11) is 0. The van der Waals surface area contributed by atoms with E-state index in [1.165, 1.54) is 5.01 Å². The number of carbonyl (C=O) groups excluding carboxylic acids is 1. The van der Waals surface area contributed by atoms with Crippen LogP contribution in [-0.4, -0.2) is 17.0 Å². The van der Waals surface area contributed by atoms with Gasteiger partial charge in [-0.1, -0.05) is 15.9 Å². The molecule has 15 heavy (non-hydrogen) atoms. The van der Waals surface area contributed by atoms with Crippen LogP contribution in [0.3, 0.4) is 0 Å². The molecule has 3 nitrogen and oxygen atoms in total. The second-order valence-corrected chi connectivity index (χ2v) is 4.82. The molecule has 1 amide bonds. The molecule has 0 unspecified atom stereocenters. The van der Waals surface area contributed by atoms with Gasteiger partial charge in [0.1, 0.15) is 0 Å². The zero-order valence-corrected chi connectivity index (χ0v) is 10.1. The molecule has 0 heterocycles. The molecule has 0 radical (unpaired) electrons. The molecule has 1 aromatic rings. The van der Waals surface area contributed by atoms with Crippen molar-refractivity contribution in [3.63, 3.8) is 0 Å². The monoisotopic (exact) mass is 268 g/mol. The lowest BCUT2D eigenvalue weighted by Crippen LogP contribution is -2.39. The van der Waals surface area contributed by atoms with Gasteiger partial charge in [-0.3, -0.25) is 9.80 Å². The highest BCUT2D eigenvalue weighted by Gasteiger charge is 2.31. The summed E-state index contributed by atoms with van der Waals surface area (Å²) in [5, 5.41) is 1.36. The van der Waals surface area contributed by atoms with Crippen molar-refractivity contribution in [2.75, 3.05) is 0 Å². The van der Waals surface area contributed by atoms with E-state index in [1.54, 1.807) is 0 Å². The van der Waals surface area contributed by atoms with Gasteiger partial charge in [0.15, 0.2) is 0 Å². The van der Waals surface area contributed by atoms with E-state index in [0.29, 0.717) is 5.56 Å². The summed E-state index contributed by atoms with van der Waals surface area (Å²) in [5.41, 5.74) is 1.64. The lowest BCUT2D eigenvalue weighted by molar-refractivity contribution is 0.0742. The van der Waals surface area contributed by atoms with Crippen LogP contribution in [0.4, 0.5) is 0 Å². The lowest BCUT2D eigenvalue weighted by atomic mass is 10.1. The molecule has 1 aliphatic carbocycles. The first-order chi connectivity index (χ1) is 7.09. The molecule has 80 valence electrons. The van der Waals surface area contributed by atoms with Gasteiger partial charge in [-0.25, -0.2) is 5.84 Å². The number of carbonyl (C=O) groups is 1. The summed E-state index contributed by atoms with van der Waals surface area (Å²) in [5.74, 6) is 5.65. The second-order valence-electron chi connectivity index (χ2n) is 3.90. The molecule has 0 saturated heterocycles. The Morgan fingerprint density at radius 3 is 2.73 bits per heavy atom. The average Bonchev–Trinajstić information content (AvgIpc) is 2.99. The molecule has 0 aromatic heterocycles. The zero-order valence-electron chi connectivity index (χ0n) is 8.53. The van der Waals surface area contributed by atoms with Crippen molar-refractivity contribution in [1.82, 2.24) is 5.01 Å². The standard InChI is InChI=1S/C11H13BrN2O/c1-7-6-8(12)2-5-10(7)11(15)14(13)9-3-4-9/h2,5-6,9H,3-4,13H2,1H3. The van der Waals surface area contributed by atoms with Gasteiger partial charge in [0.25, 0.3) is 5.91 Å². The highest BCUT2D eigenvalue weighted by atomic mass is 79.9. The fraction of sp³-hybridized carbons (Fsp3) is 0.364. The van der Waals surface area contributed by atoms with Gasteiger partial charge in [-0.05, 0) is 43.5 Å². The Kier molecular flexibility index (Phi) is 2.80. The molecule has 2 rings (SSSR count). The van der Waals surface area contributed by atoms with Crippen LogP contribution in [0.15, 0.2) is 22.7 Å². The first kappa shape index (κ1) is 10.6. The SMILES string of the molecule is Cc1cc(Br)ccc1C(=O)N(N)C1CC1. The fourth-order valence-corrected chi connectivity index (χ4v) is 2.00. The normalized spacial score (nSPS) is 15.1. The van der Waals surface area contributed by atoms with E-state index in [2.05, 4.69) is 15.9 Å². The van der Waals surface area contributed by atoms with Crippen molar-refractivity contribution in [2.45, 2.75) is 25.8 Å². The van der Waals surface area contributed by atoms with Crippen molar-refractivity contribution in [3.8, 4) is 0 Å². The van der Waals surface area contributed by atoms with E-state index in [0.717, 1.165) is 22.9 Å². The predicted octanol–water partition coefficient (Wildman–Crippen LogP) is 2.24. The minimum atomic E-state index is -0.0810. The van der Waals surface area contributed by atoms with Gasteiger partial charge in [-0.15, -0.1) is 0 Å². The minimum Gasteiger partial charge on any atom is -0.273 e. The molecule has 0 spiro atoms. The van der Waals surface area contributed by atoms with Gasteiger partial charge in [0, 0.05) is 16.1 Å². The maximum Gasteiger partial charge on any atom is 0.268 e. The van der Waals surface area contributed by atoms with Gasteiger partial charge >= 0.3 is 0 Å². The van der Waals surface area contributed by atoms with Crippen LogP contribution in [0.5, 0.6) is 0 Å². The Balaban J connectivity index is 2.24. The highest BCUT2D eigenvalue weighted by Crippen LogP contribution is 2.26. The largest absolute Gasteiger partial charge is 0.273 e. The summed E-state index contributed by atoms with van der Waals surface area (Å²) >= 11 is 3.37. The molecule has 1 saturated carbocycles. The molecule has 1 aliphatic rings. The van der Waals surface area contributed by atoms with Crippen LogP contribution < -0.4 is 5.84 Å². The fourth-order valence-electron chi connectivity index (χ4n) is 1.52. The van der Waals surface area contributed by atoms with Crippen LogP contribution in [-0.2, 0) is 0 Å². The van der Waals surface area contributed by atoms with Crippen molar-refractivity contribution >= 4 is 21.8 Å². The summed E-state index contributed by atoms with van der Waals surface area (Å²) in [6, 6.07) is 5.85. The Morgan fingerprint density at radius 1 is 1.53 bits per heavy atom. The number of hydrazine groups is 1. The van der Waals surface area contributed by atoms with Crippen LogP contribution in [0.2, 0.25) is 0 Å². The molecular weight excluding hydrogens is 256 g/mol. The second kappa shape index (κ2) is 3.94. The third-order valence-electron chi connectivity index (χ3n) is 2.59. The van der Waals surface area contributed by atoms with Gasteiger partial charge in [0.2, 0.25) is 0 Å². The van der Waals surface area contributed by atoms with E-state index in [9.17, 15) is 4.79 Å². The van der Waals surface area contributed by atoms with Crippen LogP contribution in [0.1, 0.15) is 28.8 Å². The molecular formula is C11H13BrN2O. The maximum absolute atomic E-state index is 11.9. The molecule has 1 fully saturated rings. The number of aryl methyl sites for hydroxylation is 1. The molecule has 0 aliphatic heterocycles. The van der Waals surface area contributed by atoms with Gasteiger partial charge in [-0.2, -0.15) is 0 Å². The van der Waals surface area contributed by atoms with Crippen molar-refractivity contribution < 1.29 is 4.79 Å². The van der Waals surface area contributed by atoms with E-state index in [4.69, 9.17) is 5.84 Å². The van der Waals surface area contributed by atoms with E-state index < -0.39 is 0 Å². The van der Waals surface area contributed by atoms with Crippen LogP contribution in [0.25, 0.3) is 0 Å². The van der Waals surface area contributed by atoms with Gasteiger partial charge < -0.3 is 0 Å². The number of hydrogen-bond donors (Lipinski definition) is 1. The summed E-state index contributed by atoms with van der Waals surface area (Å²) in [6.07, 6.45) is 2.05. The number of rotatable bonds is 2. The van der Waals surface area contributed by atoms with Crippen LogP contribution in [0, 0.1) is 6.92 Å². The topological polar surface area (TPSA) is 46.3 Å². The van der Waals surface area contributed by atoms with E-state index in [-0.39, 0.29) is 11.9 Å². The van der Waals surface area contributed by atoms with Crippen molar-refractivity contribution in [2.24, 2.45) is 5.84 Å². The average molecular weight is 269 g/mol. The van der Waals surface area contributed by atoms with Crippen molar-refractivity contribution in [3.05, 3.63) is 33.8 Å². The summed E-state index contributed by atoms with van der Waals surface area (Å²) < 4.78 is 0.978. The third-order valence-corrected chi connectivity index (χ3v) is 3.09. The Morgan fingerprint density at radius 2 is 2.20 bits per heavy atom. The molecule has 1 aromatic carbocycles. The van der Waals surface area contributed by atoms with E-state index >= 15 is 0 Å². The summed E-state index contributed by atoms with van der Waals surface area (Å²) in [6.45, 7) is 1.92. The van der Waals surface area contributed by atoms with Crippen LogP contribution >= 0.6 is 15.9 Å². The number of amides is 1. The minimum absolute atomic E-state index is 0.0810. The Hall–Kier alpha value is -0.870. The highest BCUT2D eigenvalue weighted by molar-refractivity contribution is 9.10. The molecule has 4 heteroatoms.